The number of aromatic nitrogens is 2. The molecule has 1 aromatic heterocycles. The average Bonchev–Trinajstić information content (AvgIpc) is 3.02. The van der Waals surface area contributed by atoms with Crippen LogP contribution < -0.4 is 9.04 Å². The van der Waals surface area contributed by atoms with E-state index in [1.807, 2.05) is 13.8 Å². The first-order valence-electron chi connectivity index (χ1n) is 15.3. The largest absolute Gasteiger partial charge is 0.508 e. The van der Waals surface area contributed by atoms with E-state index in [2.05, 4.69) is 9.97 Å². The number of carbonyl (C=O) groups excluding carboxylic acids is 1. The Balaban J connectivity index is 1.48. The molecule has 0 aliphatic heterocycles. The fourth-order valence-corrected chi connectivity index (χ4v) is 5.13. The van der Waals surface area contributed by atoms with Gasteiger partial charge in [0.1, 0.15) is 23.1 Å². The van der Waals surface area contributed by atoms with Crippen molar-refractivity contribution in [2.24, 2.45) is 0 Å². The lowest BCUT2D eigenvalue weighted by atomic mass is 9.97. The molecule has 1 heterocycles. The van der Waals surface area contributed by atoms with E-state index in [0.29, 0.717) is 28.1 Å². The molecular formula is C36H38FN3O8S. The number of hydrogen-bond donors (Lipinski definition) is 4. The van der Waals surface area contributed by atoms with Crippen LogP contribution in [0.15, 0.2) is 72.8 Å². The molecule has 0 unspecified atom stereocenters. The summed E-state index contributed by atoms with van der Waals surface area (Å²) in [7, 11) is -2.38. The van der Waals surface area contributed by atoms with Crippen molar-refractivity contribution in [2.75, 3.05) is 17.6 Å². The van der Waals surface area contributed by atoms with Crippen molar-refractivity contribution in [3.8, 4) is 28.5 Å². The van der Waals surface area contributed by atoms with Crippen LogP contribution in [0.2, 0.25) is 0 Å². The molecule has 0 saturated heterocycles. The summed E-state index contributed by atoms with van der Waals surface area (Å²) in [5, 5.41) is 40.9. The standard InChI is InChI=1S/C36H38FN3O8S/c1-22(2)34-32(35(25-9-11-26(37)12-10-25)39-36(38-34)40(3)49(4,46)47)16-15-28(42)19-30(44)21-33(45)48-31-18-24(17-29(43)20-31)6-5-23-7-13-27(41)14-8-23/h5-18,20,22,28,30,41-44H,19,21H2,1-4H3/b6-5+,16-15+/t28-,30+/m0/s1. The first-order valence-corrected chi connectivity index (χ1v) is 17.1. The molecule has 0 radical (unpaired) electrons. The number of hydrogen-bond acceptors (Lipinski definition) is 10. The summed E-state index contributed by atoms with van der Waals surface area (Å²) in [6.07, 6.45) is 4.21. The SMILES string of the molecule is CC(C)c1nc(N(C)S(C)(=O)=O)nc(-c2ccc(F)cc2)c1/C=C/[C@H](O)C[C@@H](O)CC(=O)Oc1cc(O)cc(/C=C/c2ccc(O)cc2)c1. The highest BCUT2D eigenvalue weighted by Gasteiger charge is 2.23. The van der Waals surface area contributed by atoms with Gasteiger partial charge in [-0.1, -0.05) is 50.3 Å². The molecule has 13 heteroatoms. The molecular weight excluding hydrogens is 653 g/mol. The van der Waals surface area contributed by atoms with Crippen molar-refractivity contribution in [1.29, 1.82) is 0 Å². The van der Waals surface area contributed by atoms with Crippen LogP contribution in [0, 0.1) is 5.82 Å². The molecule has 11 nitrogen and oxygen atoms in total. The van der Waals surface area contributed by atoms with Crippen molar-refractivity contribution in [1.82, 2.24) is 9.97 Å². The lowest BCUT2D eigenvalue weighted by molar-refractivity contribution is -0.136. The molecule has 4 rings (SSSR count). The number of anilines is 1. The molecule has 2 atom stereocenters. The van der Waals surface area contributed by atoms with Gasteiger partial charge in [0.25, 0.3) is 0 Å². The van der Waals surface area contributed by atoms with Crippen LogP contribution in [-0.4, -0.2) is 70.3 Å². The molecule has 0 bridgehead atoms. The predicted molar refractivity (Wildman–Crippen MR) is 186 cm³/mol. The number of esters is 1. The van der Waals surface area contributed by atoms with Gasteiger partial charge in [-0.2, -0.15) is 0 Å². The lowest BCUT2D eigenvalue weighted by Crippen LogP contribution is -2.27. The van der Waals surface area contributed by atoms with E-state index >= 15 is 0 Å². The highest BCUT2D eigenvalue weighted by molar-refractivity contribution is 7.92. The van der Waals surface area contributed by atoms with Gasteiger partial charge in [-0.3, -0.25) is 4.79 Å². The Morgan fingerprint density at radius 1 is 0.918 bits per heavy atom. The van der Waals surface area contributed by atoms with E-state index < -0.39 is 40.4 Å². The second-order valence-electron chi connectivity index (χ2n) is 11.7. The van der Waals surface area contributed by atoms with Crippen molar-refractivity contribution < 1.29 is 42.8 Å². The number of aliphatic hydroxyl groups excluding tert-OH is 2. The van der Waals surface area contributed by atoms with Gasteiger partial charge < -0.3 is 25.2 Å². The summed E-state index contributed by atoms with van der Waals surface area (Å²) in [4.78, 5) is 21.6. The first-order chi connectivity index (χ1) is 23.1. The Hall–Kier alpha value is -5.11. The molecule has 4 aromatic rings. The Morgan fingerprint density at radius 3 is 2.20 bits per heavy atom. The maximum Gasteiger partial charge on any atom is 0.313 e. The maximum atomic E-state index is 13.8. The van der Waals surface area contributed by atoms with Crippen LogP contribution >= 0.6 is 0 Å². The third-order valence-corrected chi connectivity index (χ3v) is 8.47. The number of phenolic OH excluding ortho intramolecular Hbond substituents is 2. The van der Waals surface area contributed by atoms with Crippen molar-refractivity contribution in [3.05, 3.63) is 101 Å². The molecule has 0 spiro atoms. The van der Waals surface area contributed by atoms with Crippen LogP contribution in [0.1, 0.15) is 55.0 Å². The number of sulfonamides is 1. The number of ether oxygens (including phenoxy) is 1. The Kier molecular flexibility index (Phi) is 11.9. The number of nitrogens with zero attached hydrogens (tertiary/aromatic N) is 3. The van der Waals surface area contributed by atoms with Gasteiger partial charge in [0.2, 0.25) is 16.0 Å². The highest BCUT2D eigenvalue weighted by atomic mass is 32.2. The molecule has 4 N–H and O–H groups in total. The second-order valence-corrected chi connectivity index (χ2v) is 13.8. The quantitative estimate of drug-likeness (QED) is 0.0797. The molecule has 0 saturated carbocycles. The molecule has 258 valence electrons. The lowest BCUT2D eigenvalue weighted by Gasteiger charge is -2.20. The van der Waals surface area contributed by atoms with Crippen molar-refractivity contribution in [3.63, 3.8) is 0 Å². The maximum absolute atomic E-state index is 13.8. The zero-order chi connectivity index (χ0) is 35.9. The van der Waals surface area contributed by atoms with Gasteiger partial charge in [-0.05, 0) is 65.6 Å². The van der Waals surface area contributed by atoms with Crippen LogP contribution in [0.5, 0.6) is 17.2 Å². The Morgan fingerprint density at radius 2 is 1.57 bits per heavy atom. The number of rotatable bonds is 13. The second kappa shape index (κ2) is 15.9. The van der Waals surface area contributed by atoms with Crippen molar-refractivity contribution >= 4 is 40.2 Å². The van der Waals surface area contributed by atoms with Gasteiger partial charge in [-0.15, -0.1) is 0 Å². The molecule has 0 aliphatic rings. The normalized spacial score (nSPS) is 13.2. The average molecular weight is 692 g/mol. The molecule has 3 aromatic carbocycles. The summed E-state index contributed by atoms with van der Waals surface area (Å²) in [6.45, 7) is 3.71. The van der Waals surface area contributed by atoms with Gasteiger partial charge in [0, 0.05) is 30.7 Å². The first kappa shape index (κ1) is 36.7. The summed E-state index contributed by atoms with van der Waals surface area (Å²) >= 11 is 0. The third-order valence-electron chi connectivity index (χ3n) is 7.31. The molecule has 0 aliphatic carbocycles. The summed E-state index contributed by atoms with van der Waals surface area (Å²) in [5.74, 6) is -1.51. The van der Waals surface area contributed by atoms with Crippen LogP contribution in [0.4, 0.5) is 10.3 Å². The van der Waals surface area contributed by atoms with E-state index in [4.69, 9.17) is 4.74 Å². The number of aliphatic hydroxyl groups is 2. The minimum absolute atomic E-state index is 0.0579. The Labute approximate surface area is 284 Å². The summed E-state index contributed by atoms with van der Waals surface area (Å²) in [5.41, 5.74) is 3.05. The van der Waals surface area contributed by atoms with Gasteiger partial charge in [-0.25, -0.2) is 27.1 Å². The van der Waals surface area contributed by atoms with Gasteiger partial charge in [0.15, 0.2) is 0 Å². The number of benzene rings is 3. The number of phenols is 2. The number of carbonyl (C=O) groups is 1. The summed E-state index contributed by atoms with van der Waals surface area (Å²) < 4.78 is 44.6. The zero-order valence-electron chi connectivity index (χ0n) is 27.4. The van der Waals surface area contributed by atoms with Crippen LogP contribution in [0.25, 0.3) is 29.5 Å². The van der Waals surface area contributed by atoms with E-state index in [-0.39, 0.29) is 35.5 Å². The molecule has 49 heavy (non-hydrogen) atoms. The zero-order valence-corrected chi connectivity index (χ0v) is 28.2. The third kappa shape index (κ3) is 10.4. The Bertz CT molecular complexity index is 1950. The summed E-state index contributed by atoms with van der Waals surface area (Å²) in [6, 6.07) is 16.2. The molecule has 0 amide bonds. The van der Waals surface area contributed by atoms with E-state index in [9.17, 15) is 38.0 Å². The van der Waals surface area contributed by atoms with E-state index in [0.717, 1.165) is 16.1 Å². The van der Waals surface area contributed by atoms with Gasteiger partial charge >= 0.3 is 5.97 Å². The van der Waals surface area contributed by atoms with E-state index in [1.165, 1.54) is 67.7 Å². The molecule has 0 fully saturated rings. The van der Waals surface area contributed by atoms with Crippen molar-refractivity contribution in [2.45, 2.75) is 44.8 Å². The number of halogens is 1. The van der Waals surface area contributed by atoms with Crippen LogP contribution in [0.3, 0.4) is 0 Å². The highest BCUT2D eigenvalue weighted by Crippen LogP contribution is 2.32. The van der Waals surface area contributed by atoms with Crippen LogP contribution in [-0.2, 0) is 14.8 Å². The predicted octanol–water partition coefficient (Wildman–Crippen LogP) is 5.50. The fourth-order valence-electron chi connectivity index (χ4n) is 4.75. The minimum atomic E-state index is -3.70. The van der Waals surface area contributed by atoms with Gasteiger partial charge in [0.05, 0.1) is 36.3 Å². The smallest absolute Gasteiger partial charge is 0.313 e. The minimum Gasteiger partial charge on any atom is -0.508 e. The number of aromatic hydroxyl groups is 2. The topological polar surface area (TPSA) is 170 Å². The fraction of sp³-hybridized carbons (Fsp3) is 0.250. The monoisotopic (exact) mass is 691 g/mol. The van der Waals surface area contributed by atoms with E-state index in [1.54, 1.807) is 30.4 Å².